The molecule has 5 fully saturated rings. The molecule has 25 heavy (non-hydrogen) atoms. The second kappa shape index (κ2) is 5.73. The fourth-order valence-corrected chi connectivity index (χ4v) is 6.21. The third-order valence-electron chi connectivity index (χ3n) is 6.97. The molecule has 6 rings (SSSR count). The Morgan fingerprint density at radius 2 is 1.60 bits per heavy atom. The first-order valence-electron chi connectivity index (χ1n) is 9.93. The zero-order valence-corrected chi connectivity index (χ0v) is 15.2. The molecule has 0 spiro atoms. The van der Waals surface area contributed by atoms with Crippen molar-refractivity contribution in [3.05, 3.63) is 6.07 Å². The Bertz CT molecular complexity index is 616. The van der Waals surface area contributed by atoms with Gasteiger partial charge in [0.1, 0.15) is 11.6 Å². The van der Waals surface area contributed by atoms with Gasteiger partial charge in [0.05, 0.1) is 0 Å². The molecule has 1 aromatic heterocycles. The van der Waals surface area contributed by atoms with Gasteiger partial charge in [-0.05, 0) is 63.3 Å². The summed E-state index contributed by atoms with van der Waals surface area (Å²) >= 11 is 0. The summed E-state index contributed by atoms with van der Waals surface area (Å²) in [4.78, 5) is 14.1. The Hall–Kier alpha value is -1.56. The van der Waals surface area contributed by atoms with E-state index in [0.717, 1.165) is 55.7 Å². The molecule has 2 heterocycles. The molecular formula is C19H30N6. The van der Waals surface area contributed by atoms with Crippen LogP contribution in [0.3, 0.4) is 0 Å². The molecule has 0 amide bonds. The van der Waals surface area contributed by atoms with Crippen molar-refractivity contribution in [1.82, 2.24) is 14.9 Å². The monoisotopic (exact) mass is 342 g/mol. The number of rotatable bonds is 3. The van der Waals surface area contributed by atoms with E-state index in [0.29, 0.717) is 5.82 Å². The lowest BCUT2D eigenvalue weighted by molar-refractivity contribution is 0.0104. The van der Waals surface area contributed by atoms with Crippen LogP contribution in [0.5, 0.6) is 0 Å². The highest BCUT2D eigenvalue weighted by atomic mass is 15.3. The van der Waals surface area contributed by atoms with Crippen LogP contribution in [0, 0.1) is 17.8 Å². The molecule has 1 aromatic rings. The van der Waals surface area contributed by atoms with Crippen molar-refractivity contribution in [3.63, 3.8) is 0 Å². The largest absolute Gasteiger partial charge is 0.383 e. The fraction of sp³-hybridized carbons (Fsp3) is 0.789. The van der Waals surface area contributed by atoms with Crippen LogP contribution in [0.15, 0.2) is 6.07 Å². The van der Waals surface area contributed by atoms with E-state index in [1.807, 2.05) is 6.07 Å². The number of nitrogens with zero attached hydrogens (tertiary/aromatic N) is 4. The molecule has 3 N–H and O–H groups in total. The van der Waals surface area contributed by atoms with E-state index in [9.17, 15) is 0 Å². The number of anilines is 3. The zero-order chi connectivity index (χ0) is 17.0. The fourth-order valence-electron chi connectivity index (χ4n) is 6.21. The molecule has 4 bridgehead atoms. The molecule has 0 radical (unpaired) electrons. The first-order chi connectivity index (χ1) is 12.1. The van der Waals surface area contributed by atoms with Crippen molar-refractivity contribution in [2.45, 2.75) is 44.1 Å². The standard InChI is InChI=1S/C19H30N6/c1-24-2-4-25(5-3-24)17-9-16(20)21-18(22-17)23-19-10-13-6-14(11-19)8-15(7-13)12-19/h9,13-15H,2-8,10-12H2,1H3,(H3,20,21,22,23). The van der Waals surface area contributed by atoms with Crippen molar-refractivity contribution in [3.8, 4) is 0 Å². The lowest BCUT2D eigenvalue weighted by atomic mass is 9.53. The van der Waals surface area contributed by atoms with Gasteiger partial charge >= 0.3 is 0 Å². The normalized spacial score (nSPS) is 37.5. The van der Waals surface area contributed by atoms with E-state index in [1.54, 1.807) is 0 Å². The van der Waals surface area contributed by atoms with E-state index < -0.39 is 0 Å². The number of hydrogen-bond acceptors (Lipinski definition) is 6. The summed E-state index contributed by atoms with van der Waals surface area (Å²) in [5, 5.41) is 3.78. The molecule has 4 aliphatic carbocycles. The number of piperazine rings is 1. The smallest absolute Gasteiger partial charge is 0.227 e. The third kappa shape index (κ3) is 2.94. The summed E-state index contributed by atoms with van der Waals surface area (Å²) in [7, 11) is 2.17. The molecule has 4 saturated carbocycles. The lowest BCUT2D eigenvalue weighted by Crippen LogP contribution is -2.55. The molecule has 136 valence electrons. The van der Waals surface area contributed by atoms with Crippen LogP contribution in [-0.4, -0.2) is 53.6 Å². The van der Waals surface area contributed by atoms with Crippen molar-refractivity contribution in [2.24, 2.45) is 17.8 Å². The van der Waals surface area contributed by atoms with Crippen LogP contribution in [0.4, 0.5) is 17.6 Å². The van der Waals surface area contributed by atoms with E-state index >= 15 is 0 Å². The van der Waals surface area contributed by atoms with Crippen LogP contribution in [0.2, 0.25) is 0 Å². The summed E-state index contributed by atoms with van der Waals surface area (Å²) in [6, 6.07) is 1.93. The van der Waals surface area contributed by atoms with Gasteiger partial charge in [-0.15, -0.1) is 0 Å². The molecular weight excluding hydrogens is 312 g/mol. The number of nitrogens with two attached hydrogens (primary N) is 1. The van der Waals surface area contributed by atoms with Gasteiger partial charge < -0.3 is 20.9 Å². The van der Waals surface area contributed by atoms with Gasteiger partial charge in [0.15, 0.2) is 0 Å². The van der Waals surface area contributed by atoms with Crippen LogP contribution < -0.4 is 16.0 Å². The second-order valence-corrected chi connectivity index (χ2v) is 9.09. The van der Waals surface area contributed by atoms with Gasteiger partial charge in [-0.25, -0.2) is 0 Å². The molecule has 1 saturated heterocycles. The van der Waals surface area contributed by atoms with Crippen LogP contribution in [0.1, 0.15) is 38.5 Å². The highest BCUT2D eigenvalue weighted by Gasteiger charge is 2.51. The minimum absolute atomic E-state index is 0.224. The number of hydrogen-bond donors (Lipinski definition) is 2. The minimum atomic E-state index is 0.224. The molecule has 6 heteroatoms. The quantitative estimate of drug-likeness (QED) is 0.877. The second-order valence-electron chi connectivity index (χ2n) is 9.09. The topological polar surface area (TPSA) is 70.3 Å². The number of aromatic nitrogens is 2. The summed E-state index contributed by atoms with van der Waals surface area (Å²) in [5.41, 5.74) is 6.36. The summed E-state index contributed by atoms with van der Waals surface area (Å²) in [6.45, 7) is 4.15. The maximum atomic E-state index is 6.13. The van der Waals surface area contributed by atoms with Crippen LogP contribution in [-0.2, 0) is 0 Å². The summed E-state index contributed by atoms with van der Waals surface area (Å²) in [6.07, 6.45) is 8.23. The molecule has 1 aliphatic heterocycles. The Kier molecular flexibility index (Phi) is 3.59. The lowest BCUT2D eigenvalue weighted by Gasteiger charge is -2.56. The Morgan fingerprint density at radius 3 is 2.20 bits per heavy atom. The predicted octanol–water partition coefficient (Wildman–Crippen LogP) is 2.19. The van der Waals surface area contributed by atoms with Crippen molar-refractivity contribution in [2.75, 3.05) is 49.2 Å². The number of nitrogen functional groups attached to an aromatic ring is 1. The predicted molar refractivity (Wildman–Crippen MR) is 101 cm³/mol. The first-order valence-corrected chi connectivity index (χ1v) is 9.93. The van der Waals surface area contributed by atoms with E-state index in [2.05, 4.69) is 27.1 Å². The van der Waals surface area contributed by atoms with Crippen molar-refractivity contribution < 1.29 is 0 Å². The maximum Gasteiger partial charge on any atom is 0.227 e. The summed E-state index contributed by atoms with van der Waals surface area (Å²) < 4.78 is 0. The van der Waals surface area contributed by atoms with E-state index in [4.69, 9.17) is 10.7 Å². The Labute approximate surface area is 150 Å². The SMILES string of the molecule is CN1CCN(c2cc(N)nc(NC34CC5CC(CC(C5)C3)C4)n2)CC1. The van der Waals surface area contributed by atoms with Crippen LogP contribution in [0.25, 0.3) is 0 Å². The average molecular weight is 342 g/mol. The maximum absolute atomic E-state index is 6.13. The van der Waals surface area contributed by atoms with E-state index in [-0.39, 0.29) is 5.54 Å². The minimum Gasteiger partial charge on any atom is -0.383 e. The molecule has 5 aliphatic rings. The van der Waals surface area contributed by atoms with Gasteiger partial charge in [-0.3, -0.25) is 0 Å². The highest BCUT2D eigenvalue weighted by Crippen LogP contribution is 2.56. The Balaban J connectivity index is 1.37. The highest BCUT2D eigenvalue weighted by molar-refractivity contribution is 5.52. The van der Waals surface area contributed by atoms with E-state index in [1.165, 1.54) is 38.5 Å². The van der Waals surface area contributed by atoms with Crippen LogP contribution >= 0.6 is 0 Å². The Morgan fingerprint density at radius 1 is 1.00 bits per heavy atom. The third-order valence-corrected chi connectivity index (χ3v) is 6.97. The van der Waals surface area contributed by atoms with Gasteiger partial charge in [0.25, 0.3) is 0 Å². The first kappa shape index (κ1) is 15.7. The van der Waals surface area contributed by atoms with Crippen molar-refractivity contribution in [1.29, 1.82) is 0 Å². The molecule has 0 atom stereocenters. The molecule has 0 unspecified atom stereocenters. The zero-order valence-electron chi connectivity index (χ0n) is 15.2. The average Bonchev–Trinajstić information content (AvgIpc) is 2.53. The number of nitrogens with one attached hydrogen (secondary N) is 1. The van der Waals surface area contributed by atoms with Gasteiger partial charge in [0, 0.05) is 37.8 Å². The van der Waals surface area contributed by atoms with Crippen molar-refractivity contribution >= 4 is 17.6 Å². The van der Waals surface area contributed by atoms with Gasteiger partial charge in [-0.2, -0.15) is 9.97 Å². The summed E-state index contributed by atoms with van der Waals surface area (Å²) in [5.74, 6) is 5.05. The van der Waals surface area contributed by atoms with Gasteiger partial charge in [0.2, 0.25) is 5.95 Å². The molecule has 0 aromatic carbocycles. The van der Waals surface area contributed by atoms with Gasteiger partial charge in [-0.1, -0.05) is 0 Å². The number of likely N-dealkylation sites (N-methyl/N-ethyl adjacent to an activating group) is 1. The molecule has 6 nitrogen and oxygen atoms in total.